The molecule has 0 unspecified atom stereocenters. The summed E-state index contributed by atoms with van der Waals surface area (Å²) in [6.07, 6.45) is 9.34. The number of aryl methyl sites for hydroxylation is 1. The van der Waals surface area contributed by atoms with Gasteiger partial charge >= 0.3 is 17.9 Å². The Labute approximate surface area is 189 Å². The second-order valence-corrected chi connectivity index (χ2v) is 9.66. The fourth-order valence-electron chi connectivity index (χ4n) is 6.83. The van der Waals surface area contributed by atoms with Crippen molar-refractivity contribution >= 4 is 17.9 Å². The van der Waals surface area contributed by atoms with Gasteiger partial charge in [0.05, 0.1) is 0 Å². The van der Waals surface area contributed by atoms with Crippen molar-refractivity contribution in [3.63, 3.8) is 0 Å². The predicted octanol–water partition coefficient (Wildman–Crippen LogP) is 3.94. The number of esters is 3. The average molecular weight is 439 g/mol. The van der Waals surface area contributed by atoms with Crippen LogP contribution < -0.4 is 4.74 Å². The number of hydrogen-bond donors (Lipinski definition) is 0. The second-order valence-electron chi connectivity index (χ2n) is 9.66. The summed E-state index contributed by atoms with van der Waals surface area (Å²) in [7, 11) is 0. The van der Waals surface area contributed by atoms with Gasteiger partial charge in [-0.25, -0.2) is 0 Å². The van der Waals surface area contributed by atoms with Crippen LogP contribution in [0, 0.1) is 29.6 Å². The maximum atomic E-state index is 12.1. The lowest BCUT2D eigenvalue weighted by Gasteiger charge is -2.55. The van der Waals surface area contributed by atoms with Crippen LogP contribution in [0.4, 0.5) is 0 Å². The highest BCUT2D eigenvalue weighted by molar-refractivity contribution is 5.69. The minimum absolute atomic E-state index is 0.0259. The van der Waals surface area contributed by atoms with E-state index < -0.39 is 11.0 Å². The monoisotopic (exact) mass is 438 g/mol. The molecule has 6 atom stereocenters. The van der Waals surface area contributed by atoms with E-state index in [4.69, 9.17) is 20.6 Å². The van der Waals surface area contributed by atoms with Crippen molar-refractivity contribution in [2.24, 2.45) is 17.3 Å². The first kappa shape index (κ1) is 22.4. The summed E-state index contributed by atoms with van der Waals surface area (Å²) in [4.78, 5) is 35.4. The number of benzene rings is 1. The molecule has 0 saturated heterocycles. The Morgan fingerprint density at radius 1 is 1.09 bits per heavy atom. The van der Waals surface area contributed by atoms with E-state index in [9.17, 15) is 14.4 Å². The summed E-state index contributed by atoms with van der Waals surface area (Å²) in [5, 5.41) is 0. The number of carbonyl (C=O) groups excluding carboxylic acids is 3. The molecule has 3 aliphatic rings. The van der Waals surface area contributed by atoms with Crippen molar-refractivity contribution < 1.29 is 28.6 Å². The van der Waals surface area contributed by atoms with Crippen LogP contribution in [-0.2, 0) is 30.3 Å². The second kappa shape index (κ2) is 7.95. The number of fused-ring (bicyclic) bond motifs is 5. The summed E-state index contributed by atoms with van der Waals surface area (Å²) >= 11 is 0. The molecule has 0 spiro atoms. The Balaban J connectivity index is 1.76. The maximum Gasteiger partial charge on any atom is 0.308 e. The molecule has 4 rings (SSSR count). The van der Waals surface area contributed by atoms with Crippen LogP contribution in [0.25, 0.3) is 0 Å². The van der Waals surface area contributed by atoms with Gasteiger partial charge in [0, 0.05) is 32.1 Å². The molecule has 1 aromatic rings. The van der Waals surface area contributed by atoms with Gasteiger partial charge in [-0.2, -0.15) is 0 Å². The van der Waals surface area contributed by atoms with Crippen molar-refractivity contribution in [1.82, 2.24) is 0 Å². The van der Waals surface area contributed by atoms with Crippen LogP contribution >= 0.6 is 0 Å². The van der Waals surface area contributed by atoms with E-state index >= 15 is 0 Å². The molecule has 0 bridgehead atoms. The summed E-state index contributed by atoms with van der Waals surface area (Å²) < 4.78 is 17.0. The van der Waals surface area contributed by atoms with Crippen molar-refractivity contribution in [3.8, 4) is 18.1 Å². The van der Waals surface area contributed by atoms with Crippen LogP contribution in [0.1, 0.15) is 70.4 Å². The van der Waals surface area contributed by atoms with E-state index in [0.717, 1.165) is 30.4 Å². The average Bonchev–Trinajstić information content (AvgIpc) is 2.98. The maximum absolute atomic E-state index is 12.1. The SMILES string of the molecule is C#C[C@@]1(OC(C)=O)CC[C@@H]2[C@@H]3CCc4cc(OC(C)=O)ccc4[C@@H]3[C@H](OC(C)=O)C[C@]21C. The van der Waals surface area contributed by atoms with Crippen molar-refractivity contribution in [3.05, 3.63) is 29.3 Å². The van der Waals surface area contributed by atoms with Crippen LogP contribution in [0.15, 0.2) is 18.2 Å². The molecule has 2 fully saturated rings. The lowest BCUT2D eigenvalue weighted by Crippen LogP contribution is -2.56. The third-order valence-corrected chi connectivity index (χ3v) is 7.90. The Hall–Kier alpha value is -2.81. The zero-order valence-electron chi connectivity index (χ0n) is 19.1. The molecule has 170 valence electrons. The summed E-state index contributed by atoms with van der Waals surface area (Å²) in [6.45, 7) is 6.29. The van der Waals surface area contributed by atoms with Crippen molar-refractivity contribution in [2.75, 3.05) is 0 Å². The normalized spacial score (nSPS) is 34.8. The van der Waals surface area contributed by atoms with Crippen LogP contribution in [0.2, 0.25) is 0 Å². The third-order valence-electron chi connectivity index (χ3n) is 7.90. The molecule has 0 aliphatic heterocycles. The van der Waals surface area contributed by atoms with Gasteiger partial charge < -0.3 is 14.2 Å². The van der Waals surface area contributed by atoms with Crippen LogP contribution in [-0.4, -0.2) is 29.6 Å². The Morgan fingerprint density at radius 3 is 2.47 bits per heavy atom. The van der Waals surface area contributed by atoms with E-state index in [1.165, 1.54) is 20.8 Å². The molecule has 0 amide bonds. The molecule has 2 saturated carbocycles. The van der Waals surface area contributed by atoms with Crippen LogP contribution in [0.3, 0.4) is 0 Å². The molecular formula is C26H30O6. The minimum Gasteiger partial charge on any atom is -0.462 e. The summed E-state index contributed by atoms with van der Waals surface area (Å²) in [5.41, 5.74) is 0.777. The van der Waals surface area contributed by atoms with Gasteiger partial charge in [-0.05, 0) is 67.2 Å². The Bertz CT molecular complexity index is 1010. The van der Waals surface area contributed by atoms with Crippen molar-refractivity contribution in [2.45, 2.75) is 77.4 Å². The molecule has 32 heavy (non-hydrogen) atoms. The highest BCUT2D eigenvalue weighted by atomic mass is 16.6. The standard InChI is InChI=1S/C26H30O6/c1-6-26(32-17(4)29)12-11-22-21-9-7-18-13-19(30-15(2)27)8-10-20(18)24(21)23(31-16(3)28)14-25(22,26)5/h1,8,10,13,21-24H,7,9,11-12,14H2,2-5H3/t21-,22+,23+,24-,25+,26+/m0/s1. The lowest BCUT2D eigenvalue weighted by molar-refractivity contribution is -0.179. The Kier molecular flexibility index (Phi) is 5.56. The van der Waals surface area contributed by atoms with Crippen molar-refractivity contribution in [1.29, 1.82) is 0 Å². The molecule has 6 heteroatoms. The highest BCUT2D eigenvalue weighted by Gasteiger charge is 2.66. The zero-order chi connectivity index (χ0) is 23.3. The smallest absolute Gasteiger partial charge is 0.308 e. The number of hydrogen-bond acceptors (Lipinski definition) is 6. The van der Waals surface area contributed by atoms with E-state index in [1.807, 2.05) is 12.1 Å². The van der Waals surface area contributed by atoms with Crippen LogP contribution in [0.5, 0.6) is 5.75 Å². The quantitative estimate of drug-likeness (QED) is 0.404. The predicted molar refractivity (Wildman–Crippen MR) is 117 cm³/mol. The molecule has 0 heterocycles. The summed E-state index contributed by atoms with van der Waals surface area (Å²) in [5.74, 6) is 2.80. The molecule has 1 aromatic carbocycles. The number of ether oxygens (including phenoxy) is 3. The van der Waals surface area contributed by atoms with E-state index in [1.54, 1.807) is 6.07 Å². The van der Waals surface area contributed by atoms with Gasteiger partial charge in [-0.15, -0.1) is 6.42 Å². The lowest BCUT2D eigenvalue weighted by atomic mass is 9.52. The molecule has 0 radical (unpaired) electrons. The summed E-state index contributed by atoms with van der Waals surface area (Å²) in [6, 6.07) is 5.73. The first-order valence-corrected chi connectivity index (χ1v) is 11.3. The van der Waals surface area contributed by atoms with E-state index in [0.29, 0.717) is 18.6 Å². The van der Waals surface area contributed by atoms with Gasteiger partial charge in [0.25, 0.3) is 0 Å². The van der Waals surface area contributed by atoms with E-state index in [2.05, 4.69) is 12.8 Å². The highest BCUT2D eigenvalue weighted by Crippen LogP contribution is 2.65. The molecular weight excluding hydrogens is 408 g/mol. The minimum atomic E-state index is -0.994. The van der Waals surface area contributed by atoms with Gasteiger partial charge in [-0.1, -0.05) is 18.9 Å². The number of terminal acetylenes is 1. The molecule has 0 aromatic heterocycles. The zero-order valence-corrected chi connectivity index (χ0v) is 19.1. The van der Waals surface area contributed by atoms with Gasteiger partial charge in [-0.3, -0.25) is 14.4 Å². The van der Waals surface area contributed by atoms with Gasteiger partial charge in [0.2, 0.25) is 0 Å². The topological polar surface area (TPSA) is 78.9 Å². The first-order valence-electron chi connectivity index (χ1n) is 11.3. The molecule has 0 N–H and O–H groups in total. The van der Waals surface area contributed by atoms with E-state index in [-0.39, 0.29) is 41.8 Å². The van der Waals surface area contributed by atoms with Gasteiger partial charge in [0.1, 0.15) is 11.9 Å². The Morgan fingerprint density at radius 2 is 1.84 bits per heavy atom. The molecule has 3 aliphatic carbocycles. The number of carbonyl (C=O) groups is 3. The number of rotatable bonds is 3. The first-order chi connectivity index (χ1) is 15.1. The molecule has 6 nitrogen and oxygen atoms in total. The largest absolute Gasteiger partial charge is 0.462 e. The fraction of sp³-hybridized carbons (Fsp3) is 0.577. The third kappa shape index (κ3) is 3.48. The van der Waals surface area contributed by atoms with Gasteiger partial charge in [0.15, 0.2) is 5.60 Å². The fourth-order valence-corrected chi connectivity index (χ4v) is 6.83.